The molecule has 1 aromatic rings. The Bertz CT molecular complexity index is 498. The van der Waals surface area contributed by atoms with Crippen LogP contribution in [0.4, 0.5) is 0 Å². The van der Waals surface area contributed by atoms with Crippen LogP contribution in [0.3, 0.4) is 0 Å². The van der Waals surface area contributed by atoms with Crippen molar-refractivity contribution in [1.82, 2.24) is 20.0 Å². The molecule has 2 rings (SSSR count). The molecule has 0 amide bonds. The van der Waals surface area contributed by atoms with Crippen molar-refractivity contribution >= 4 is 29.9 Å². The molecule has 1 aliphatic heterocycles. The monoisotopic (exact) mass is 418 g/mol. The smallest absolute Gasteiger partial charge is 0.188 e. The van der Waals surface area contributed by atoms with E-state index < -0.39 is 0 Å². The molecule has 6 nitrogen and oxygen atoms in total. The predicted octanol–water partition coefficient (Wildman–Crippen LogP) is 1.51. The summed E-state index contributed by atoms with van der Waals surface area (Å²) in [6.45, 7) is 6.15. The Morgan fingerprint density at radius 1 is 1.59 bits per heavy atom. The first kappa shape index (κ1) is 19.0. The molecule has 1 saturated heterocycles. The van der Waals surface area contributed by atoms with Crippen LogP contribution in [0.15, 0.2) is 29.9 Å². The number of nitrogens with one attached hydrogen (secondary N) is 1. The highest BCUT2D eigenvalue weighted by molar-refractivity contribution is 14.0. The summed E-state index contributed by atoms with van der Waals surface area (Å²) in [6, 6.07) is 2.45. The van der Waals surface area contributed by atoms with E-state index in [-0.39, 0.29) is 24.0 Å². The molecule has 0 aromatic carbocycles. The van der Waals surface area contributed by atoms with Crippen molar-refractivity contribution in [2.24, 2.45) is 23.7 Å². The average molecular weight is 418 g/mol. The van der Waals surface area contributed by atoms with Crippen molar-refractivity contribution in [1.29, 1.82) is 0 Å². The van der Waals surface area contributed by atoms with E-state index in [9.17, 15) is 0 Å². The molecule has 0 bridgehead atoms. The van der Waals surface area contributed by atoms with Gasteiger partial charge >= 0.3 is 0 Å². The molecule has 2 atom stereocenters. The molecule has 0 aliphatic carbocycles. The fraction of sp³-hybridized carbons (Fsp3) is 0.600. The molecular weight excluding hydrogens is 391 g/mol. The number of nitrogens with zero attached hydrogens (tertiary/aromatic N) is 4. The quantitative estimate of drug-likeness (QED) is 0.329. The lowest BCUT2D eigenvalue weighted by molar-refractivity contribution is 0.119. The van der Waals surface area contributed by atoms with E-state index in [1.165, 1.54) is 18.5 Å². The lowest BCUT2D eigenvalue weighted by atomic mass is 9.87. The van der Waals surface area contributed by atoms with Crippen LogP contribution >= 0.6 is 24.0 Å². The zero-order valence-electron chi connectivity index (χ0n) is 13.4. The maximum atomic E-state index is 5.87. The van der Waals surface area contributed by atoms with Gasteiger partial charge in [-0.3, -0.25) is 14.6 Å². The molecule has 1 aliphatic rings. The van der Waals surface area contributed by atoms with Crippen LogP contribution in [-0.4, -0.2) is 47.3 Å². The number of hydrogen-bond donors (Lipinski definition) is 2. The lowest BCUT2D eigenvalue weighted by Gasteiger charge is -2.38. The second-order valence-electron chi connectivity index (χ2n) is 5.60. The Kier molecular flexibility index (Phi) is 7.88. The third-order valence-corrected chi connectivity index (χ3v) is 4.09. The number of aryl methyl sites for hydroxylation is 1. The summed E-state index contributed by atoms with van der Waals surface area (Å²) in [7, 11) is 4.17. The third kappa shape index (κ3) is 4.70. The minimum absolute atomic E-state index is 0. The number of aliphatic imine (C=N–C) groups is 1. The van der Waals surface area contributed by atoms with E-state index >= 15 is 0 Å². The molecule has 124 valence electrons. The van der Waals surface area contributed by atoms with Gasteiger partial charge in [0.25, 0.3) is 0 Å². The zero-order valence-corrected chi connectivity index (χ0v) is 15.7. The number of hydrogen-bond acceptors (Lipinski definition) is 3. The molecule has 1 fully saturated rings. The first-order valence-electron chi connectivity index (χ1n) is 7.46. The number of rotatable bonds is 5. The van der Waals surface area contributed by atoms with Crippen molar-refractivity contribution in [2.75, 3.05) is 26.7 Å². The first-order chi connectivity index (χ1) is 10.1. The number of aromatic nitrogens is 2. The van der Waals surface area contributed by atoms with Gasteiger partial charge in [0, 0.05) is 26.3 Å². The summed E-state index contributed by atoms with van der Waals surface area (Å²) >= 11 is 0. The highest BCUT2D eigenvalue weighted by Gasteiger charge is 2.32. The fourth-order valence-corrected chi connectivity index (χ4v) is 3.04. The van der Waals surface area contributed by atoms with Crippen molar-refractivity contribution < 1.29 is 0 Å². The minimum Gasteiger partial charge on any atom is -0.370 e. The Morgan fingerprint density at radius 2 is 2.36 bits per heavy atom. The molecular formula is C15H27IN6. The highest BCUT2D eigenvalue weighted by atomic mass is 127. The summed E-state index contributed by atoms with van der Waals surface area (Å²) in [5.41, 5.74) is 7.11. The van der Waals surface area contributed by atoms with Crippen LogP contribution in [0, 0.1) is 5.92 Å². The fourth-order valence-electron chi connectivity index (χ4n) is 3.04. The number of nitrogens with two attached hydrogens (primary N) is 1. The molecule has 1 aromatic heterocycles. The van der Waals surface area contributed by atoms with Crippen LogP contribution in [0.5, 0.6) is 0 Å². The van der Waals surface area contributed by atoms with E-state index in [1.807, 2.05) is 17.9 Å². The lowest BCUT2D eigenvalue weighted by Crippen LogP contribution is -2.39. The van der Waals surface area contributed by atoms with Gasteiger partial charge in [-0.1, -0.05) is 6.08 Å². The van der Waals surface area contributed by atoms with Crippen LogP contribution < -0.4 is 11.1 Å². The molecule has 0 radical (unpaired) electrons. The standard InChI is InChI=1S/C15H26N6.HI/c1-4-8-17-15(16)18-11-12-6-5-10-20(2)14(12)13-7-9-19-21(13)3;/h4,7,9,12,14H,1,5-6,8,10-11H2,2-3H3,(H3,16,17,18);1H/t12-,14+;/m0./s1. The van der Waals surface area contributed by atoms with E-state index in [4.69, 9.17) is 5.73 Å². The normalized spacial score (nSPS) is 22.9. The molecule has 0 spiro atoms. The van der Waals surface area contributed by atoms with Crippen LogP contribution in [0.25, 0.3) is 0 Å². The van der Waals surface area contributed by atoms with Crippen molar-refractivity contribution in [3.05, 3.63) is 30.6 Å². The Hall–Kier alpha value is -1.09. The molecule has 3 N–H and O–H groups in total. The molecule has 0 saturated carbocycles. The maximum Gasteiger partial charge on any atom is 0.188 e. The maximum absolute atomic E-state index is 5.87. The first-order valence-corrected chi connectivity index (χ1v) is 7.46. The van der Waals surface area contributed by atoms with Gasteiger partial charge in [0.15, 0.2) is 5.96 Å². The number of guanidine groups is 1. The van der Waals surface area contributed by atoms with Crippen LogP contribution in [-0.2, 0) is 7.05 Å². The van der Waals surface area contributed by atoms with Crippen molar-refractivity contribution in [2.45, 2.75) is 18.9 Å². The number of halogens is 1. The average Bonchev–Trinajstić information content (AvgIpc) is 2.88. The Labute approximate surface area is 149 Å². The SMILES string of the molecule is C=CCNC(N)=NC[C@@H]1CCCN(C)[C@H]1c1ccnn1C.I. The van der Waals surface area contributed by atoms with E-state index in [2.05, 4.69) is 40.0 Å². The van der Waals surface area contributed by atoms with Crippen LogP contribution in [0.1, 0.15) is 24.6 Å². The summed E-state index contributed by atoms with van der Waals surface area (Å²) in [4.78, 5) is 6.89. The Morgan fingerprint density at radius 3 is 3.00 bits per heavy atom. The topological polar surface area (TPSA) is 71.5 Å². The van der Waals surface area contributed by atoms with E-state index in [1.54, 1.807) is 6.08 Å². The predicted molar refractivity (Wildman–Crippen MR) is 101 cm³/mol. The Balaban J connectivity index is 0.00000242. The zero-order chi connectivity index (χ0) is 15.2. The van der Waals surface area contributed by atoms with Gasteiger partial charge in [-0.15, -0.1) is 30.6 Å². The van der Waals surface area contributed by atoms with Crippen LogP contribution in [0.2, 0.25) is 0 Å². The van der Waals surface area contributed by atoms with Gasteiger partial charge in [0.2, 0.25) is 0 Å². The van der Waals surface area contributed by atoms with E-state index in [0.29, 0.717) is 24.5 Å². The minimum atomic E-state index is 0. The summed E-state index contributed by atoms with van der Waals surface area (Å²) in [5, 5.41) is 7.33. The molecule has 0 unspecified atom stereocenters. The highest BCUT2D eigenvalue weighted by Crippen LogP contribution is 2.34. The largest absolute Gasteiger partial charge is 0.370 e. The van der Waals surface area contributed by atoms with Gasteiger partial charge in [0.1, 0.15) is 0 Å². The molecule has 7 heteroatoms. The summed E-state index contributed by atoms with van der Waals surface area (Å²) in [5.74, 6) is 0.954. The number of likely N-dealkylation sites (tertiary alicyclic amines) is 1. The second kappa shape index (κ2) is 9.14. The molecule has 22 heavy (non-hydrogen) atoms. The van der Waals surface area contributed by atoms with Gasteiger partial charge < -0.3 is 11.1 Å². The van der Waals surface area contributed by atoms with Crippen molar-refractivity contribution in [3.8, 4) is 0 Å². The summed E-state index contributed by atoms with van der Waals surface area (Å²) in [6.07, 6.45) is 6.00. The van der Waals surface area contributed by atoms with Gasteiger partial charge in [-0.05, 0) is 38.4 Å². The summed E-state index contributed by atoms with van der Waals surface area (Å²) < 4.78 is 1.96. The van der Waals surface area contributed by atoms with Crippen molar-refractivity contribution in [3.63, 3.8) is 0 Å². The van der Waals surface area contributed by atoms with Gasteiger partial charge in [-0.25, -0.2) is 0 Å². The number of piperidine rings is 1. The van der Waals surface area contributed by atoms with Gasteiger partial charge in [0.05, 0.1) is 11.7 Å². The second-order valence-corrected chi connectivity index (χ2v) is 5.60. The third-order valence-electron chi connectivity index (χ3n) is 4.09. The van der Waals surface area contributed by atoms with Gasteiger partial charge in [-0.2, -0.15) is 5.10 Å². The van der Waals surface area contributed by atoms with E-state index in [0.717, 1.165) is 13.1 Å². The molecule has 2 heterocycles.